The Morgan fingerprint density at radius 2 is 1.74 bits per heavy atom. The maximum Gasteiger partial charge on any atom is 0.159 e. The van der Waals surface area contributed by atoms with E-state index in [0.717, 1.165) is 43.3 Å². The van der Waals surface area contributed by atoms with E-state index in [1.54, 1.807) is 11.8 Å². The van der Waals surface area contributed by atoms with Crippen LogP contribution in [0.1, 0.15) is 22.8 Å². The molecule has 0 saturated carbocycles. The van der Waals surface area contributed by atoms with Crippen molar-refractivity contribution in [2.45, 2.75) is 13.5 Å². The first-order valence-corrected chi connectivity index (χ1v) is 8.44. The van der Waals surface area contributed by atoms with Gasteiger partial charge in [-0.15, -0.1) is 0 Å². The lowest BCUT2D eigenvalue weighted by molar-refractivity contribution is -0.914. The highest BCUT2D eigenvalue weighted by atomic mass is 35.5. The van der Waals surface area contributed by atoms with Gasteiger partial charge in [-0.3, -0.25) is 4.79 Å². The molecule has 1 heterocycles. The molecular weight excluding hydrogens is 308 g/mol. The maximum atomic E-state index is 11.3. The largest absolute Gasteiger partial charge is 0.360 e. The first-order valence-electron chi connectivity index (χ1n) is 8.06. The fourth-order valence-corrected chi connectivity index (χ4v) is 3.28. The molecule has 2 aromatic rings. The topological polar surface area (TPSA) is 24.8 Å². The molecule has 3 nitrogen and oxygen atoms in total. The van der Waals surface area contributed by atoms with Crippen molar-refractivity contribution in [1.82, 2.24) is 0 Å². The smallest absolute Gasteiger partial charge is 0.159 e. The number of rotatable bonds is 4. The zero-order valence-corrected chi connectivity index (χ0v) is 14.1. The van der Waals surface area contributed by atoms with Gasteiger partial charge in [-0.05, 0) is 37.3 Å². The standard InChI is InChI=1S/C19H21ClN2O/c1-15(23)16-6-8-18(9-7-16)22-12-10-21(11-13-22)14-17-4-2-3-5-19(17)20/h2-9H,10-14H2,1H3/p+1. The van der Waals surface area contributed by atoms with Crippen LogP contribution >= 0.6 is 11.6 Å². The molecule has 0 aromatic heterocycles. The van der Waals surface area contributed by atoms with Crippen molar-refractivity contribution in [2.24, 2.45) is 0 Å². The Morgan fingerprint density at radius 3 is 2.35 bits per heavy atom. The highest BCUT2D eigenvalue weighted by molar-refractivity contribution is 6.31. The highest BCUT2D eigenvalue weighted by Gasteiger charge is 2.21. The quantitative estimate of drug-likeness (QED) is 0.872. The molecule has 0 atom stereocenters. The van der Waals surface area contributed by atoms with Crippen molar-refractivity contribution in [3.8, 4) is 0 Å². The average molecular weight is 330 g/mol. The van der Waals surface area contributed by atoms with Crippen LogP contribution in [0.25, 0.3) is 0 Å². The Bertz CT molecular complexity index is 676. The Morgan fingerprint density at radius 1 is 1.09 bits per heavy atom. The minimum absolute atomic E-state index is 0.116. The Kier molecular flexibility index (Phi) is 4.99. The molecule has 1 aliphatic heterocycles. The van der Waals surface area contributed by atoms with Crippen LogP contribution in [0, 0.1) is 0 Å². The third kappa shape index (κ3) is 3.92. The Labute approximate surface area is 142 Å². The zero-order valence-electron chi connectivity index (χ0n) is 13.4. The summed E-state index contributed by atoms with van der Waals surface area (Å²) >= 11 is 6.26. The van der Waals surface area contributed by atoms with Crippen molar-refractivity contribution in [1.29, 1.82) is 0 Å². The number of hydrogen-bond acceptors (Lipinski definition) is 2. The third-order valence-electron chi connectivity index (χ3n) is 4.51. The minimum Gasteiger partial charge on any atom is -0.360 e. The Balaban J connectivity index is 1.58. The molecule has 0 radical (unpaired) electrons. The highest BCUT2D eigenvalue weighted by Crippen LogP contribution is 2.16. The monoisotopic (exact) mass is 329 g/mol. The number of nitrogens with zero attached hydrogens (tertiary/aromatic N) is 1. The van der Waals surface area contributed by atoms with E-state index in [1.807, 2.05) is 30.3 Å². The SMILES string of the molecule is CC(=O)c1ccc(N2CC[NH+](Cc3ccccc3Cl)CC2)cc1. The lowest BCUT2D eigenvalue weighted by atomic mass is 10.1. The second-order valence-corrected chi connectivity index (χ2v) is 6.52. The predicted molar refractivity (Wildman–Crippen MR) is 94.5 cm³/mol. The van der Waals surface area contributed by atoms with Gasteiger partial charge in [0.1, 0.15) is 6.54 Å². The van der Waals surface area contributed by atoms with Crippen LogP contribution in [0.4, 0.5) is 5.69 Å². The molecule has 2 aromatic carbocycles. The molecule has 120 valence electrons. The molecule has 1 aliphatic rings. The van der Waals surface area contributed by atoms with Gasteiger partial charge in [0.15, 0.2) is 5.78 Å². The van der Waals surface area contributed by atoms with E-state index in [0.29, 0.717) is 0 Å². The number of anilines is 1. The number of halogens is 1. The number of nitrogens with one attached hydrogen (secondary N) is 1. The number of Topliss-reactive ketones (excluding diaryl/α,β-unsaturated/α-hetero) is 1. The van der Waals surface area contributed by atoms with E-state index in [2.05, 4.69) is 23.1 Å². The summed E-state index contributed by atoms with van der Waals surface area (Å²) in [6, 6.07) is 16.0. The number of ketones is 1. The molecule has 1 fully saturated rings. The Hall–Kier alpha value is -1.84. The molecule has 0 bridgehead atoms. The summed E-state index contributed by atoms with van der Waals surface area (Å²) in [6.45, 7) is 6.83. The van der Waals surface area contributed by atoms with Gasteiger partial charge < -0.3 is 9.80 Å². The zero-order chi connectivity index (χ0) is 16.2. The summed E-state index contributed by atoms with van der Waals surface area (Å²) < 4.78 is 0. The van der Waals surface area contributed by atoms with Gasteiger partial charge in [-0.1, -0.05) is 29.8 Å². The lowest BCUT2D eigenvalue weighted by Gasteiger charge is -2.33. The number of carbonyl (C=O) groups is 1. The van der Waals surface area contributed by atoms with Crippen molar-refractivity contribution >= 4 is 23.1 Å². The second-order valence-electron chi connectivity index (χ2n) is 6.11. The molecule has 23 heavy (non-hydrogen) atoms. The van der Waals surface area contributed by atoms with E-state index >= 15 is 0 Å². The maximum absolute atomic E-state index is 11.3. The normalized spacial score (nSPS) is 15.7. The van der Waals surface area contributed by atoms with Gasteiger partial charge in [-0.2, -0.15) is 0 Å². The summed E-state index contributed by atoms with van der Waals surface area (Å²) in [5, 5.41) is 0.863. The van der Waals surface area contributed by atoms with E-state index in [-0.39, 0.29) is 5.78 Å². The summed E-state index contributed by atoms with van der Waals surface area (Å²) in [5.74, 6) is 0.116. The number of carbonyl (C=O) groups excluding carboxylic acids is 1. The number of piperazine rings is 1. The minimum atomic E-state index is 0.116. The van der Waals surface area contributed by atoms with Gasteiger partial charge in [0, 0.05) is 21.8 Å². The van der Waals surface area contributed by atoms with Crippen LogP contribution in [0.15, 0.2) is 48.5 Å². The van der Waals surface area contributed by atoms with Crippen molar-refractivity contribution < 1.29 is 9.69 Å². The molecule has 1 N–H and O–H groups in total. The fraction of sp³-hybridized carbons (Fsp3) is 0.316. The van der Waals surface area contributed by atoms with Gasteiger partial charge >= 0.3 is 0 Å². The molecule has 3 rings (SSSR count). The summed E-state index contributed by atoms with van der Waals surface area (Å²) in [7, 11) is 0. The third-order valence-corrected chi connectivity index (χ3v) is 4.88. The number of benzene rings is 2. The molecular formula is C19H22ClN2O+. The van der Waals surface area contributed by atoms with E-state index < -0.39 is 0 Å². The first-order chi connectivity index (χ1) is 11.1. The molecule has 0 spiro atoms. The van der Waals surface area contributed by atoms with Crippen molar-refractivity contribution in [3.63, 3.8) is 0 Å². The molecule has 0 unspecified atom stereocenters. The van der Waals surface area contributed by atoms with Crippen LogP contribution in [0.2, 0.25) is 5.02 Å². The number of hydrogen-bond donors (Lipinski definition) is 1. The summed E-state index contributed by atoms with van der Waals surface area (Å²) in [5.41, 5.74) is 3.20. The number of quaternary nitrogens is 1. The second kappa shape index (κ2) is 7.16. The van der Waals surface area contributed by atoms with Gasteiger partial charge in [0.25, 0.3) is 0 Å². The van der Waals surface area contributed by atoms with Gasteiger partial charge in [-0.25, -0.2) is 0 Å². The van der Waals surface area contributed by atoms with Gasteiger partial charge in [0.05, 0.1) is 26.2 Å². The van der Waals surface area contributed by atoms with Crippen molar-refractivity contribution in [3.05, 3.63) is 64.7 Å². The van der Waals surface area contributed by atoms with Crippen LogP contribution in [0.3, 0.4) is 0 Å². The van der Waals surface area contributed by atoms with Gasteiger partial charge in [0.2, 0.25) is 0 Å². The van der Waals surface area contributed by atoms with Crippen molar-refractivity contribution in [2.75, 3.05) is 31.1 Å². The van der Waals surface area contributed by atoms with E-state index in [4.69, 9.17) is 11.6 Å². The van der Waals surface area contributed by atoms with E-state index in [9.17, 15) is 4.79 Å². The lowest BCUT2D eigenvalue weighted by Crippen LogP contribution is -3.13. The fourth-order valence-electron chi connectivity index (χ4n) is 3.08. The van der Waals surface area contributed by atoms with Crippen LogP contribution in [-0.2, 0) is 6.54 Å². The molecule has 0 amide bonds. The molecule has 1 saturated heterocycles. The summed E-state index contributed by atoms with van der Waals surface area (Å²) in [6.07, 6.45) is 0. The average Bonchev–Trinajstić information content (AvgIpc) is 2.58. The molecule has 0 aliphatic carbocycles. The first kappa shape index (κ1) is 16.0. The summed E-state index contributed by atoms with van der Waals surface area (Å²) in [4.78, 5) is 15.3. The van der Waals surface area contributed by atoms with Crippen LogP contribution < -0.4 is 9.80 Å². The predicted octanol–water partition coefficient (Wildman–Crippen LogP) is 2.45. The van der Waals surface area contributed by atoms with E-state index in [1.165, 1.54) is 11.3 Å². The molecule has 4 heteroatoms. The van der Waals surface area contributed by atoms with Crippen LogP contribution in [-0.4, -0.2) is 32.0 Å². The van der Waals surface area contributed by atoms with Crippen LogP contribution in [0.5, 0.6) is 0 Å².